The van der Waals surface area contributed by atoms with E-state index < -0.39 is 0 Å². The van der Waals surface area contributed by atoms with Crippen LogP contribution in [0.4, 0.5) is 5.00 Å². The molecule has 0 radical (unpaired) electrons. The molecule has 2 aromatic heterocycles. The summed E-state index contributed by atoms with van der Waals surface area (Å²) in [6, 6.07) is 21.7. The van der Waals surface area contributed by atoms with Crippen LogP contribution in [-0.4, -0.2) is 17.0 Å². The number of thiazole rings is 1. The van der Waals surface area contributed by atoms with E-state index in [1.54, 1.807) is 6.07 Å². The van der Waals surface area contributed by atoms with Crippen LogP contribution in [0.1, 0.15) is 32.7 Å². The molecule has 0 saturated heterocycles. The number of nitriles is 1. The van der Waals surface area contributed by atoms with Gasteiger partial charge in [0.05, 0.1) is 10.5 Å². The molecular formula is C28H21N3O2S2. The summed E-state index contributed by atoms with van der Waals surface area (Å²) in [5, 5.41) is 16.0. The molecule has 172 valence electrons. The molecule has 1 N–H and O–H groups in total. The highest BCUT2D eigenvalue weighted by atomic mass is 32.1. The number of nitrogens with zero attached hydrogens (tertiary/aromatic N) is 2. The average molecular weight is 496 g/mol. The van der Waals surface area contributed by atoms with Gasteiger partial charge in [0.25, 0.3) is 5.91 Å². The molecule has 35 heavy (non-hydrogen) atoms. The van der Waals surface area contributed by atoms with E-state index >= 15 is 0 Å². The van der Waals surface area contributed by atoms with E-state index in [1.165, 1.54) is 22.7 Å². The second-order valence-corrected chi connectivity index (χ2v) is 10.1. The number of benzene rings is 2. The third-order valence-electron chi connectivity index (χ3n) is 5.60. The van der Waals surface area contributed by atoms with Gasteiger partial charge in [0.15, 0.2) is 0 Å². The van der Waals surface area contributed by atoms with Gasteiger partial charge in [-0.2, -0.15) is 5.26 Å². The van der Waals surface area contributed by atoms with Gasteiger partial charge in [0, 0.05) is 11.1 Å². The lowest BCUT2D eigenvalue weighted by Gasteiger charge is -2.22. The number of hydrogen-bond acceptors (Lipinski definition) is 6. The van der Waals surface area contributed by atoms with Crippen molar-refractivity contribution < 1.29 is 9.53 Å². The zero-order valence-corrected chi connectivity index (χ0v) is 20.7. The fraction of sp³-hybridized carbons (Fsp3) is 0.107. The summed E-state index contributed by atoms with van der Waals surface area (Å²) in [6.07, 6.45) is 3.65. The minimum absolute atomic E-state index is 0.195. The Balaban J connectivity index is 1.55. The van der Waals surface area contributed by atoms with Crippen molar-refractivity contribution in [1.29, 1.82) is 5.26 Å². The minimum Gasteiger partial charge on any atom is -0.485 e. The fourth-order valence-corrected chi connectivity index (χ4v) is 5.30. The van der Waals surface area contributed by atoms with Crippen molar-refractivity contribution in [2.45, 2.75) is 20.0 Å². The van der Waals surface area contributed by atoms with Gasteiger partial charge in [-0.3, -0.25) is 4.79 Å². The van der Waals surface area contributed by atoms with E-state index in [-0.39, 0.29) is 12.0 Å². The zero-order chi connectivity index (χ0) is 24.4. The van der Waals surface area contributed by atoms with Gasteiger partial charge in [-0.25, -0.2) is 4.98 Å². The maximum absolute atomic E-state index is 12.8. The largest absolute Gasteiger partial charge is 0.485 e. The molecule has 1 aliphatic heterocycles. The van der Waals surface area contributed by atoms with E-state index in [0.717, 1.165) is 28.0 Å². The van der Waals surface area contributed by atoms with Crippen molar-refractivity contribution in [3.63, 3.8) is 0 Å². The number of rotatable bonds is 5. The number of carbonyl (C=O) groups is 1. The van der Waals surface area contributed by atoms with Crippen LogP contribution in [0.25, 0.3) is 22.9 Å². The normalized spacial score (nSPS) is 14.9. The van der Waals surface area contributed by atoms with Crippen LogP contribution in [0.5, 0.6) is 5.75 Å². The Morgan fingerprint density at radius 3 is 2.69 bits per heavy atom. The maximum atomic E-state index is 12.8. The summed E-state index contributed by atoms with van der Waals surface area (Å²) >= 11 is 2.67. The number of aromatic nitrogens is 1. The second-order valence-electron chi connectivity index (χ2n) is 8.11. The number of ether oxygens (including phenoxy) is 1. The van der Waals surface area contributed by atoms with Gasteiger partial charge < -0.3 is 10.1 Å². The Morgan fingerprint density at radius 2 is 1.94 bits per heavy atom. The number of aryl methyl sites for hydroxylation is 1. The lowest BCUT2D eigenvalue weighted by atomic mass is 10.0. The second kappa shape index (κ2) is 9.71. The predicted octanol–water partition coefficient (Wildman–Crippen LogP) is 7.20. The highest BCUT2D eigenvalue weighted by Gasteiger charge is 2.22. The third kappa shape index (κ3) is 4.80. The molecule has 4 aromatic rings. The number of nitrogens with one attached hydrogen (secondary N) is 1. The number of amides is 1. The quantitative estimate of drug-likeness (QED) is 0.297. The molecular weight excluding hydrogens is 474 g/mol. The van der Waals surface area contributed by atoms with Gasteiger partial charge in [-0.15, -0.1) is 11.3 Å². The smallest absolute Gasteiger partial charge is 0.266 e. The summed E-state index contributed by atoms with van der Waals surface area (Å²) in [6.45, 7) is 3.98. The number of allylic oxidation sites excluding steroid dienone is 1. The summed E-state index contributed by atoms with van der Waals surface area (Å²) < 4.78 is 6.03. The lowest BCUT2D eigenvalue weighted by Crippen LogP contribution is -2.17. The number of anilines is 1. The Morgan fingerprint density at radius 1 is 1.14 bits per heavy atom. The predicted molar refractivity (Wildman–Crippen MR) is 143 cm³/mol. The first kappa shape index (κ1) is 22.8. The van der Waals surface area contributed by atoms with E-state index in [9.17, 15) is 10.1 Å². The molecule has 0 bridgehead atoms. The molecule has 1 amide bonds. The molecule has 7 heteroatoms. The average Bonchev–Trinajstić information content (AvgIpc) is 3.54. The molecule has 2 aromatic carbocycles. The van der Waals surface area contributed by atoms with Crippen molar-refractivity contribution in [2.24, 2.45) is 0 Å². The van der Waals surface area contributed by atoms with E-state index in [2.05, 4.69) is 11.4 Å². The SMILES string of the molecule is Cc1ccc(-c2nc(C(C#N)=CC3=Cc4ccccc4OC3C)sc2NC(=O)c2cccs2)cc1. The minimum atomic E-state index is -0.206. The maximum Gasteiger partial charge on any atom is 0.266 e. The topological polar surface area (TPSA) is 75.0 Å². The summed E-state index contributed by atoms with van der Waals surface area (Å²) in [5.74, 6) is 0.629. The van der Waals surface area contributed by atoms with Gasteiger partial charge in [0.1, 0.15) is 33.6 Å². The van der Waals surface area contributed by atoms with Gasteiger partial charge in [0.2, 0.25) is 0 Å². The zero-order valence-electron chi connectivity index (χ0n) is 19.1. The molecule has 1 atom stereocenters. The number of carbonyl (C=O) groups excluding carboxylic acids is 1. The number of thiophene rings is 1. The van der Waals surface area contributed by atoms with Crippen LogP contribution in [0.3, 0.4) is 0 Å². The van der Waals surface area contributed by atoms with Crippen molar-refractivity contribution in [1.82, 2.24) is 4.98 Å². The Bertz CT molecular complexity index is 1490. The number of fused-ring (bicyclic) bond motifs is 1. The van der Waals surface area contributed by atoms with Crippen molar-refractivity contribution in [2.75, 3.05) is 5.32 Å². The number of para-hydroxylation sites is 1. The first-order valence-corrected chi connectivity index (χ1v) is 12.7. The van der Waals surface area contributed by atoms with Crippen molar-refractivity contribution in [3.05, 3.63) is 98.7 Å². The van der Waals surface area contributed by atoms with Crippen LogP contribution in [0, 0.1) is 18.3 Å². The summed E-state index contributed by atoms with van der Waals surface area (Å²) in [7, 11) is 0. The Kier molecular flexibility index (Phi) is 6.32. The van der Waals surface area contributed by atoms with E-state index in [0.29, 0.717) is 26.2 Å². The first-order valence-electron chi connectivity index (χ1n) is 11.0. The van der Waals surface area contributed by atoms with Gasteiger partial charge in [-0.1, -0.05) is 65.4 Å². The highest BCUT2D eigenvalue weighted by molar-refractivity contribution is 7.17. The molecule has 0 saturated carbocycles. The molecule has 0 aliphatic carbocycles. The molecule has 5 nitrogen and oxygen atoms in total. The number of hydrogen-bond donors (Lipinski definition) is 1. The van der Waals surface area contributed by atoms with Crippen LogP contribution in [0.2, 0.25) is 0 Å². The lowest BCUT2D eigenvalue weighted by molar-refractivity contribution is 0.103. The highest BCUT2D eigenvalue weighted by Crippen LogP contribution is 2.38. The molecule has 3 heterocycles. The van der Waals surface area contributed by atoms with Crippen LogP contribution in [-0.2, 0) is 0 Å². The monoisotopic (exact) mass is 495 g/mol. The Labute approximate surface area is 211 Å². The summed E-state index contributed by atoms with van der Waals surface area (Å²) in [4.78, 5) is 18.2. The fourth-order valence-electron chi connectivity index (χ4n) is 3.73. The van der Waals surface area contributed by atoms with Crippen LogP contribution < -0.4 is 10.1 Å². The third-order valence-corrected chi connectivity index (χ3v) is 7.47. The van der Waals surface area contributed by atoms with E-state index in [1.807, 2.05) is 86.0 Å². The van der Waals surface area contributed by atoms with Gasteiger partial charge in [-0.05, 0) is 49.1 Å². The molecule has 0 spiro atoms. The van der Waals surface area contributed by atoms with Crippen molar-refractivity contribution in [3.8, 4) is 23.1 Å². The van der Waals surface area contributed by atoms with Gasteiger partial charge >= 0.3 is 0 Å². The first-order chi connectivity index (χ1) is 17.0. The van der Waals surface area contributed by atoms with Crippen molar-refractivity contribution >= 4 is 45.2 Å². The van der Waals surface area contributed by atoms with E-state index in [4.69, 9.17) is 9.72 Å². The standard InChI is InChI=1S/C28H21N3O2S2/c1-17-9-11-19(12-10-17)25-28(31-26(32)24-8-5-13-34-24)35-27(30-25)22(16-29)15-21-14-20-6-3-4-7-23(20)33-18(21)2/h3-15,18H,1-2H3,(H,31,32). The molecule has 0 fully saturated rings. The molecule has 1 aliphatic rings. The molecule has 5 rings (SSSR count). The Hall–Kier alpha value is -3.99. The molecule has 1 unspecified atom stereocenters. The van der Waals surface area contributed by atoms with Crippen LogP contribution in [0.15, 0.2) is 77.7 Å². The summed E-state index contributed by atoms with van der Waals surface area (Å²) in [5.41, 5.74) is 4.92. The van der Waals surface area contributed by atoms with Crippen LogP contribution >= 0.6 is 22.7 Å².